The third-order valence-corrected chi connectivity index (χ3v) is 5.52. The molecule has 1 aromatic carbocycles. The number of rotatable bonds is 5. The van der Waals surface area contributed by atoms with Crippen LogP contribution in [-0.4, -0.2) is 53.1 Å². The first-order valence-corrected chi connectivity index (χ1v) is 10.7. The maximum atomic E-state index is 12.5. The second kappa shape index (κ2) is 10.0. The van der Waals surface area contributed by atoms with Crippen LogP contribution in [0.15, 0.2) is 56.8 Å². The Hall–Kier alpha value is -3.44. The number of nitrogens with zero attached hydrogens (tertiary/aromatic N) is 3. The number of ketones is 1. The second-order valence-electron chi connectivity index (χ2n) is 6.02. The Balaban J connectivity index is 1.76. The fourth-order valence-electron chi connectivity index (χ4n) is 2.38. The van der Waals surface area contributed by atoms with Gasteiger partial charge in [-0.05, 0) is 35.7 Å². The molecule has 0 aliphatic carbocycles. The number of carbonyl (C=O) groups is 4. The maximum absolute atomic E-state index is 12.5. The van der Waals surface area contributed by atoms with E-state index in [0.717, 1.165) is 11.8 Å². The molecule has 1 aromatic heterocycles. The van der Waals surface area contributed by atoms with E-state index >= 15 is 0 Å². The molecule has 0 saturated heterocycles. The van der Waals surface area contributed by atoms with Crippen LogP contribution in [0.2, 0.25) is 0 Å². The second-order valence-corrected chi connectivity index (χ2v) is 7.91. The highest BCUT2D eigenvalue weighted by Gasteiger charge is 2.27. The van der Waals surface area contributed by atoms with Crippen molar-refractivity contribution in [3.63, 3.8) is 0 Å². The summed E-state index contributed by atoms with van der Waals surface area (Å²) in [5, 5.41) is 4.08. The van der Waals surface area contributed by atoms with Gasteiger partial charge in [-0.15, -0.1) is 11.3 Å². The smallest absolute Gasteiger partial charge is 0.302 e. The van der Waals surface area contributed by atoms with Gasteiger partial charge in [-0.1, -0.05) is 17.8 Å². The van der Waals surface area contributed by atoms with E-state index in [1.165, 1.54) is 25.4 Å². The molecule has 158 valence electrons. The topological polar surface area (TPSA) is 127 Å². The first-order valence-electron chi connectivity index (χ1n) is 8.83. The van der Waals surface area contributed by atoms with Crippen molar-refractivity contribution in [3.05, 3.63) is 52.2 Å². The fourth-order valence-corrected chi connectivity index (χ4v) is 3.72. The number of amidine groups is 2. The van der Waals surface area contributed by atoms with Crippen molar-refractivity contribution in [1.82, 2.24) is 5.32 Å². The number of ether oxygens (including phenoxy) is 1. The molecule has 0 fully saturated rings. The van der Waals surface area contributed by atoms with Gasteiger partial charge in [0, 0.05) is 12.5 Å². The van der Waals surface area contributed by atoms with Crippen molar-refractivity contribution in [1.29, 1.82) is 0 Å². The summed E-state index contributed by atoms with van der Waals surface area (Å²) in [6.45, 7) is 1.23. The minimum absolute atomic E-state index is 0.0156. The van der Waals surface area contributed by atoms with Crippen LogP contribution in [0.1, 0.15) is 27.0 Å². The van der Waals surface area contributed by atoms with E-state index in [9.17, 15) is 19.2 Å². The summed E-state index contributed by atoms with van der Waals surface area (Å²) < 4.78 is 5.06. The summed E-state index contributed by atoms with van der Waals surface area (Å²) in [6, 6.07) is 9.83. The summed E-state index contributed by atoms with van der Waals surface area (Å²) >= 11 is 2.10. The van der Waals surface area contributed by atoms with Gasteiger partial charge in [-0.25, -0.2) is 4.99 Å². The van der Waals surface area contributed by atoms with E-state index in [1.807, 2.05) is 0 Å². The number of aliphatic imine (C=N–C) groups is 3. The molecule has 3 rings (SSSR count). The van der Waals surface area contributed by atoms with E-state index < -0.39 is 17.7 Å². The third kappa shape index (κ3) is 5.80. The molecule has 31 heavy (non-hydrogen) atoms. The predicted octanol–water partition coefficient (Wildman–Crippen LogP) is 2.38. The average Bonchev–Trinajstić information content (AvgIpc) is 3.29. The fraction of sp³-hybridized carbons (Fsp3) is 0.150. The van der Waals surface area contributed by atoms with Crippen molar-refractivity contribution in [2.45, 2.75) is 6.92 Å². The van der Waals surface area contributed by atoms with Gasteiger partial charge < -0.3 is 10.1 Å². The van der Waals surface area contributed by atoms with Crippen LogP contribution in [0, 0.1) is 0 Å². The molecule has 2 aromatic rings. The zero-order valence-electron chi connectivity index (χ0n) is 16.4. The first kappa shape index (κ1) is 22.2. The summed E-state index contributed by atoms with van der Waals surface area (Å²) in [4.78, 5) is 60.7. The highest BCUT2D eigenvalue weighted by Crippen LogP contribution is 2.17. The quantitative estimate of drug-likeness (QED) is 0.689. The number of methoxy groups -OCH3 is 1. The minimum Gasteiger partial charge on any atom is -0.497 e. The number of nitrogens with one attached hydrogen (secondary N) is 1. The van der Waals surface area contributed by atoms with Crippen molar-refractivity contribution in [3.8, 4) is 5.75 Å². The lowest BCUT2D eigenvalue weighted by Crippen LogP contribution is -2.41. The van der Waals surface area contributed by atoms with Crippen LogP contribution >= 0.6 is 23.1 Å². The number of thiophene rings is 1. The van der Waals surface area contributed by atoms with Crippen molar-refractivity contribution in [2.75, 3.05) is 12.9 Å². The summed E-state index contributed by atoms with van der Waals surface area (Å²) in [6.07, 6.45) is 0. The summed E-state index contributed by atoms with van der Waals surface area (Å²) in [5.41, 5.74) is 0.102. The van der Waals surface area contributed by atoms with Gasteiger partial charge in [0.25, 0.3) is 5.91 Å². The maximum Gasteiger partial charge on any atom is 0.302 e. The Labute approximate surface area is 185 Å². The van der Waals surface area contributed by atoms with Gasteiger partial charge in [-0.3, -0.25) is 19.2 Å². The van der Waals surface area contributed by atoms with Crippen LogP contribution in [0.25, 0.3) is 0 Å². The molecule has 0 unspecified atom stereocenters. The highest BCUT2D eigenvalue weighted by atomic mass is 32.2. The summed E-state index contributed by atoms with van der Waals surface area (Å²) in [7, 11) is 1.53. The third-order valence-electron chi connectivity index (χ3n) is 3.82. The van der Waals surface area contributed by atoms with Gasteiger partial charge >= 0.3 is 5.91 Å². The Kier molecular flexibility index (Phi) is 7.21. The highest BCUT2D eigenvalue weighted by molar-refractivity contribution is 8.14. The van der Waals surface area contributed by atoms with E-state index in [1.54, 1.807) is 41.8 Å². The van der Waals surface area contributed by atoms with Crippen LogP contribution in [0.4, 0.5) is 0 Å². The van der Waals surface area contributed by atoms with Gasteiger partial charge in [0.2, 0.25) is 5.91 Å². The van der Waals surface area contributed by atoms with Crippen LogP contribution in [0.5, 0.6) is 5.75 Å². The largest absolute Gasteiger partial charge is 0.497 e. The molecule has 1 aliphatic rings. The lowest BCUT2D eigenvalue weighted by atomic mass is 10.1. The number of hydrogen-bond acceptors (Lipinski definition) is 8. The molecule has 0 atom stereocenters. The van der Waals surface area contributed by atoms with Gasteiger partial charge in [0.1, 0.15) is 5.75 Å². The zero-order valence-corrected chi connectivity index (χ0v) is 18.1. The molecule has 0 radical (unpaired) electrons. The van der Waals surface area contributed by atoms with Crippen molar-refractivity contribution in [2.24, 2.45) is 15.0 Å². The number of benzene rings is 1. The molecule has 1 N–H and O–H groups in total. The molecule has 2 heterocycles. The molecule has 0 spiro atoms. The van der Waals surface area contributed by atoms with E-state index in [-0.39, 0.29) is 28.3 Å². The van der Waals surface area contributed by atoms with Crippen molar-refractivity contribution < 1.29 is 23.9 Å². The number of carbonyl (C=O) groups excluding carboxylic acids is 4. The monoisotopic (exact) mass is 456 g/mol. The van der Waals surface area contributed by atoms with E-state index in [4.69, 9.17) is 4.74 Å². The zero-order chi connectivity index (χ0) is 22.4. The van der Waals surface area contributed by atoms with Crippen LogP contribution in [-0.2, 0) is 9.59 Å². The van der Waals surface area contributed by atoms with Gasteiger partial charge in [0.15, 0.2) is 22.5 Å². The molecule has 0 bridgehead atoms. The molecule has 11 heteroatoms. The molecule has 3 amide bonds. The lowest BCUT2D eigenvalue weighted by Gasteiger charge is -2.13. The number of thioether (sulfide) groups is 1. The molecule has 9 nitrogen and oxygen atoms in total. The number of amides is 3. The van der Waals surface area contributed by atoms with Crippen LogP contribution in [0.3, 0.4) is 0 Å². The van der Waals surface area contributed by atoms with E-state index in [2.05, 4.69) is 20.3 Å². The first-order chi connectivity index (χ1) is 14.9. The average molecular weight is 457 g/mol. The normalized spacial score (nSPS) is 14.6. The van der Waals surface area contributed by atoms with E-state index in [0.29, 0.717) is 16.2 Å². The Morgan fingerprint density at radius 2 is 1.90 bits per heavy atom. The van der Waals surface area contributed by atoms with Gasteiger partial charge in [0.05, 0.1) is 17.7 Å². The number of Topliss-reactive ketones (excluding diaryl/α,β-unsaturated/α-hetero) is 1. The Bertz CT molecular complexity index is 1120. The molecule has 1 aliphatic heterocycles. The Morgan fingerprint density at radius 1 is 1.16 bits per heavy atom. The lowest BCUT2D eigenvalue weighted by molar-refractivity contribution is -0.117. The van der Waals surface area contributed by atoms with Gasteiger partial charge in [-0.2, -0.15) is 9.98 Å². The van der Waals surface area contributed by atoms with Crippen LogP contribution < -0.4 is 10.1 Å². The number of hydrogen-bond donors (Lipinski definition) is 1. The Morgan fingerprint density at radius 3 is 2.52 bits per heavy atom. The molecular weight excluding hydrogens is 440 g/mol. The predicted molar refractivity (Wildman–Crippen MR) is 120 cm³/mol. The molecule has 0 saturated carbocycles. The SMILES string of the molecule is COc1ccc(C(=O)CSC2=NC(=O)C(=NC(=O)c3cccs3)C(NC(C)=O)=N2)cc1. The summed E-state index contributed by atoms with van der Waals surface area (Å²) in [5.74, 6) is -1.76. The standard InChI is InChI=1S/C20H16N4O5S2/c1-11(25)21-17-16(22-18(27)15-4-3-9-30-15)19(28)24-20(23-17)31-10-14(26)12-5-7-13(29-2)8-6-12/h3-9H,10H2,1-2H3,(H,21,23,24,25,28). The minimum atomic E-state index is -0.831. The van der Waals surface area contributed by atoms with Crippen molar-refractivity contribution >= 4 is 63.3 Å². The molecular formula is C20H16N4O5S2.